The van der Waals surface area contributed by atoms with Crippen LogP contribution in [0.1, 0.15) is 43.6 Å². The number of aromatic nitrogens is 1. The van der Waals surface area contributed by atoms with Crippen molar-refractivity contribution in [2.45, 2.75) is 19.5 Å². The Bertz CT molecular complexity index is 1170. The molecule has 0 aliphatic carbocycles. The molecule has 2 heterocycles. The predicted molar refractivity (Wildman–Crippen MR) is 117 cm³/mol. The fourth-order valence-electron chi connectivity index (χ4n) is 3.49. The Balaban J connectivity index is 1.45. The minimum Gasteiger partial charge on any atom is -0.348 e. The van der Waals surface area contributed by atoms with Gasteiger partial charge in [-0.2, -0.15) is 0 Å². The van der Waals surface area contributed by atoms with Crippen LogP contribution >= 0.6 is 0 Å². The van der Waals surface area contributed by atoms with Crippen LogP contribution in [0.5, 0.6) is 0 Å². The molecule has 0 bridgehead atoms. The third kappa shape index (κ3) is 3.98. The maximum atomic E-state index is 12.9. The van der Waals surface area contributed by atoms with Gasteiger partial charge < -0.3 is 10.6 Å². The van der Waals surface area contributed by atoms with E-state index in [-0.39, 0.29) is 23.6 Å². The second-order valence-corrected chi connectivity index (χ2v) is 7.27. The summed E-state index contributed by atoms with van der Waals surface area (Å²) in [4.78, 5) is 55.4. The average Bonchev–Trinajstić information content (AvgIpc) is 3.08. The third-order valence-corrected chi connectivity index (χ3v) is 5.23. The molecule has 1 unspecified atom stereocenters. The number of imide groups is 1. The number of nitrogens with zero attached hydrogens (tertiary/aromatic N) is 2. The highest BCUT2D eigenvalue weighted by Gasteiger charge is 2.40. The lowest BCUT2D eigenvalue weighted by Gasteiger charge is -2.22. The Morgan fingerprint density at radius 2 is 1.59 bits per heavy atom. The van der Waals surface area contributed by atoms with E-state index in [0.29, 0.717) is 16.8 Å². The molecule has 4 rings (SSSR count). The minimum absolute atomic E-state index is 0.172. The van der Waals surface area contributed by atoms with E-state index in [1.54, 1.807) is 66.9 Å². The van der Waals surface area contributed by atoms with Crippen molar-refractivity contribution in [3.05, 3.63) is 95.3 Å². The first-order valence-corrected chi connectivity index (χ1v) is 10.0. The number of para-hydroxylation sites is 1. The van der Waals surface area contributed by atoms with Crippen molar-refractivity contribution in [1.82, 2.24) is 15.2 Å². The summed E-state index contributed by atoms with van der Waals surface area (Å²) in [5.74, 6) is -1.79. The Labute approximate surface area is 184 Å². The fourth-order valence-corrected chi connectivity index (χ4v) is 3.49. The lowest BCUT2D eigenvalue weighted by Crippen LogP contribution is -2.45. The van der Waals surface area contributed by atoms with Crippen molar-refractivity contribution in [3.63, 3.8) is 0 Å². The standard InChI is InChI=1S/C24H20N4O4/c1-15(28-23(31)18-9-3-4-10-19(18)24(28)32)21(29)27-20-11-5-2-7-16(20)14-26-22(30)17-8-6-12-25-13-17/h2-13,15H,14H2,1H3,(H,26,30)(H,27,29). The lowest BCUT2D eigenvalue weighted by atomic mass is 10.1. The summed E-state index contributed by atoms with van der Waals surface area (Å²) in [6, 6.07) is 15.8. The normalized spacial score (nSPS) is 13.5. The zero-order chi connectivity index (χ0) is 22.7. The average molecular weight is 428 g/mol. The van der Waals surface area contributed by atoms with E-state index in [0.717, 1.165) is 4.90 Å². The highest BCUT2D eigenvalue weighted by molar-refractivity contribution is 6.23. The van der Waals surface area contributed by atoms with Gasteiger partial charge in [0.05, 0.1) is 16.7 Å². The van der Waals surface area contributed by atoms with Crippen molar-refractivity contribution in [2.24, 2.45) is 0 Å². The van der Waals surface area contributed by atoms with Gasteiger partial charge in [0.15, 0.2) is 0 Å². The van der Waals surface area contributed by atoms with Crippen molar-refractivity contribution in [1.29, 1.82) is 0 Å². The number of fused-ring (bicyclic) bond motifs is 1. The molecule has 0 saturated carbocycles. The third-order valence-electron chi connectivity index (χ3n) is 5.23. The summed E-state index contributed by atoms with van der Waals surface area (Å²) in [6.45, 7) is 1.68. The van der Waals surface area contributed by atoms with Gasteiger partial charge >= 0.3 is 0 Å². The van der Waals surface area contributed by atoms with Gasteiger partial charge in [0.1, 0.15) is 6.04 Å². The number of nitrogens with one attached hydrogen (secondary N) is 2. The van der Waals surface area contributed by atoms with Crippen LogP contribution in [0.2, 0.25) is 0 Å². The number of benzene rings is 2. The quantitative estimate of drug-likeness (QED) is 0.587. The Kier molecular flexibility index (Phi) is 5.76. The molecule has 1 aliphatic rings. The first kappa shape index (κ1) is 20.9. The van der Waals surface area contributed by atoms with Crippen molar-refractivity contribution < 1.29 is 19.2 Å². The predicted octanol–water partition coefficient (Wildman–Crippen LogP) is 2.63. The van der Waals surface area contributed by atoms with Crippen LogP contribution in [0.25, 0.3) is 0 Å². The van der Waals surface area contributed by atoms with E-state index in [9.17, 15) is 19.2 Å². The smallest absolute Gasteiger partial charge is 0.262 e. The molecule has 8 heteroatoms. The van der Waals surface area contributed by atoms with E-state index in [2.05, 4.69) is 15.6 Å². The maximum Gasteiger partial charge on any atom is 0.262 e. The van der Waals surface area contributed by atoms with Gasteiger partial charge in [-0.15, -0.1) is 0 Å². The van der Waals surface area contributed by atoms with Gasteiger partial charge in [0.2, 0.25) is 5.91 Å². The van der Waals surface area contributed by atoms with Crippen LogP contribution in [-0.4, -0.2) is 39.6 Å². The Morgan fingerprint density at radius 1 is 0.938 bits per heavy atom. The molecule has 1 atom stereocenters. The first-order valence-electron chi connectivity index (χ1n) is 10.0. The van der Waals surface area contributed by atoms with E-state index in [1.807, 2.05) is 0 Å². The lowest BCUT2D eigenvalue weighted by molar-refractivity contribution is -0.119. The van der Waals surface area contributed by atoms with Gasteiger partial charge in [-0.25, -0.2) is 0 Å². The minimum atomic E-state index is -1.01. The summed E-state index contributed by atoms with van der Waals surface area (Å²) in [5, 5.41) is 5.56. The molecular weight excluding hydrogens is 408 g/mol. The number of pyridine rings is 1. The fraction of sp³-hybridized carbons (Fsp3) is 0.125. The zero-order valence-electron chi connectivity index (χ0n) is 17.2. The largest absolute Gasteiger partial charge is 0.348 e. The molecule has 0 spiro atoms. The molecule has 1 aliphatic heterocycles. The molecule has 32 heavy (non-hydrogen) atoms. The van der Waals surface area contributed by atoms with E-state index >= 15 is 0 Å². The van der Waals surface area contributed by atoms with Gasteiger partial charge in [-0.05, 0) is 42.8 Å². The highest BCUT2D eigenvalue weighted by Crippen LogP contribution is 2.25. The molecule has 0 fully saturated rings. The highest BCUT2D eigenvalue weighted by atomic mass is 16.2. The molecule has 0 radical (unpaired) electrons. The van der Waals surface area contributed by atoms with Crippen molar-refractivity contribution in [3.8, 4) is 0 Å². The molecule has 2 N–H and O–H groups in total. The summed E-state index contributed by atoms with van der Waals surface area (Å²) < 4.78 is 0. The molecule has 8 nitrogen and oxygen atoms in total. The second kappa shape index (κ2) is 8.81. The van der Waals surface area contributed by atoms with Crippen LogP contribution in [0.15, 0.2) is 73.1 Å². The van der Waals surface area contributed by atoms with Crippen LogP contribution < -0.4 is 10.6 Å². The Morgan fingerprint density at radius 3 is 2.25 bits per heavy atom. The number of rotatable bonds is 6. The van der Waals surface area contributed by atoms with Crippen LogP contribution in [0.4, 0.5) is 5.69 Å². The van der Waals surface area contributed by atoms with Gasteiger partial charge in [0, 0.05) is 24.6 Å². The summed E-state index contributed by atoms with van der Waals surface area (Å²) >= 11 is 0. The summed E-state index contributed by atoms with van der Waals surface area (Å²) in [6.07, 6.45) is 3.05. The molecule has 1 aromatic heterocycles. The van der Waals surface area contributed by atoms with Crippen molar-refractivity contribution in [2.75, 3.05) is 5.32 Å². The zero-order valence-corrected chi connectivity index (χ0v) is 17.2. The van der Waals surface area contributed by atoms with Crippen molar-refractivity contribution >= 4 is 29.3 Å². The summed E-state index contributed by atoms with van der Waals surface area (Å²) in [7, 11) is 0. The molecular formula is C24H20N4O4. The topological polar surface area (TPSA) is 108 Å². The molecule has 3 aromatic rings. The van der Waals surface area contributed by atoms with Gasteiger partial charge in [-0.3, -0.25) is 29.1 Å². The van der Waals surface area contributed by atoms with Crippen LogP contribution in [0.3, 0.4) is 0 Å². The monoisotopic (exact) mass is 428 g/mol. The maximum absolute atomic E-state index is 12.9. The number of carbonyl (C=O) groups is 4. The number of carbonyl (C=O) groups excluding carboxylic acids is 4. The first-order chi connectivity index (χ1) is 15.5. The molecule has 0 saturated heterocycles. The van der Waals surface area contributed by atoms with Crippen LogP contribution in [-0.2, 0) is 11.3 Å². The Hall–Kier alpha value is -4.33. The van der Waals surface area contributed by atoms with E-state index in [1.165, 1.54) is 13.1 Å². The molecule has 4 amide bonds. The number of anilines is 1. The molecule has 2 aromatic carbocycles. The summed E-state index contributed by atoms with van der Waals surface area (Å²) in [5.41, 5.74) is 2.15. The SMILES string of the molecule is CC(C(=O)Nc1ccccc1CNC(=O)c1cccnc1)N1C(=O)c2ccccc2C1=O. The number of hydrogen-bond donors (Lipinski definition) is 2. The van der Waals surface area contributed by atoms with Crippen LogP contribution in [0, 0.1) is 0 Å². The van der Waals surface area contributed by atoms with E-state index in [4.69, 9.17) is 0 Å². The molecule has 160 valence electrons. The number of hydrogen-bond acceptors (Lipinski definition) is 5. The second-order valence-electron chi connectivity index (χ2n) is 7.27. The van der Waals surface area contributed by atoms with E-state index < -0.39 is 23.8 Å². The van der Waals surface area contributed by atoms with Gasteiger partial charge in [-0.1, -0.05) is 30.3 Å². The number of amides is 4. The van der Waals surface area contributed by atoms with Gasteiger partial charge in [0.25, 0.3) is 17.7 Å².